The van der Waals surface area contributed by atoms with Gasteiger partial charge in [0.05, 0.1) is 10.7 Å². The zero-order valence-corrected chi connectivity index (χ0v) is 12.5. The van der Waals surface area contributed by atoms with Crippen molar-refractivity contribution >= 4 is 11.6 Å². The molecule has 110 valence electrons. The number of nitrogens with zero attached hydrogens (tertiary/aromatic N) is 2. The average molecular weight is 296 g/mol. The number of rotatable bonds is 7. The second-order valence-corrected chi connectivity index (χ2v) is 6.04. The number of halogens is 1. The van der Waals surface area contributed by atoms with Crippen LogP contribution < -0.4 is 10.1 Å². The first-order valence-corrected chi connectivity index (χ1v) is 7.93. The normalized spacial score (nSPS) is 19.4. The zero-order valence-electron chi connectivity index (χ0n) is 11.8. The lowest BCUT2D eigenvalue weighted by Gasteiger charge is -2.15. The van der Waals surface area contributed by atoms with Gasteiger partial charge < -0.3 is 10.1 Å². The molecule has 0 radical (unpaired) electrons. The van der Waals surface area contributed by atoms with Crippen molar-refractivity contribution in [1.82, 2.24) is 15.2 Å². The smallest absolute Gasteiger partial charge is 0.213 e. The van der Waals surface area contributed by atoms with Gasteiger partial charge in [-0.15, -0.1) is 0 Å². The Morgan fingerprint density at radius 3 is 2.85 bits per heavy atom. The van der Waals surface area contributed by atoms with E-state index in [2.05, 4.69) is 15.2 Å². The third-order valence-corrected chi connectivity index (χ3v) is 4.23. The van der Waals surface area contributed by atoms with Gasteiger partial charge in [-0.3, -0.25) is 4.90 Å². The number of hydrogen-bond donors (Lipinski definition) is 1. The molecule has 1 N–H and O–H groups in total. The lowest BCUT2D eigenvalue weighted by atomic mass is 10.3. The molecular weight excluding hydrogens is 274 g/mol. The summed E-state index contributed by atoms with van der Waals surface area (Å²) in [6.45, 7) is 4.82. The highest BCUT2D eigenvalue weighted by atomic mass is 35.5. The summed E-state index contributed by atoms with van der Waals surface area (Å²) in [6.07, 6.45) is 5.17. The van der Waals surface area contributed by atoms with Crippen molar-refractivity contribution in [2.24, 2.45) is 0 Å². The number of ether oxygens (including phenoxy) is 1. The molecular formula is C15H22ClN3O. The third kappa shape index (κ3) is 4.08. The molecule has 0 amide bonds. The van der Waals surface area contributed by atoms with E-state index >= 15 is 0 Å². The summed E-state index contributed by atoms with van der Waals surface area (Å²) in [4.78, 5) is 6.94. The van der Waals surface area contributed by atoms with Crippen LogP contribution in [0.1, 0.15) is 31.4 Å². The molecule has 0 spiro atoms. The highest BCUT2D eigenvalue weighted by Crippen LogP contribution is 2.22. The maximum Gasteiger partial charge on any atom is 0.213 e. The first-order valence-electron chi connectivity index (χ1n) is 7.55. The molecule has 1 aliphatic carbocycles. The lowest BCUT2D eigenvalue weighted by molar-refractivity contribution is 0.231. The van der Waals surface area contributed by atoms with Crippen LogP contribution >= 0.6 is 11.6 Å². The summed E-state index contributed by atoms with van der Waals surface area (Å²) in [6, 6.07) is 4.39. The fourth-order valence-electron chi connectivity index (χ4n) is 2.48. The fourth-order valence-corrected chi connectivity index (χ4v) is 2.65. The molecule has 0 unspecified atom stereocenters. The van der Waals surface area contributed by atoms with E-state index in [1.807, 2.05) is 12.1 Å². The molecule has 2 heterocycles. The van der Waals surface area contributed by atoms with Crippen LogP contribution in [0.2, 0.25) is 5.02 Å². The summed E-state index contributed by atoms with van der Waals surface area (Å²) in [7, 11) is 0. The van der Waals surface area contributed by atoms with Crippen molar-refractivity contribution < 1.29 is 4.74 Å². The van der Waals surface area contributed by atoms with Crippen molar-refractivity contribution in [2.75, 3.05) is 26.2 Å². The van der Waals surface area contributed by atoms with E-state index in [4.69, 9.17) is 16.3 Å². The molecule has 0 bridgehead atoms. The summed E-state index contributed by atoms with van der Waals surface area (Å²) in [5, 5.41) is 4.14. The van der Waals surface area contributed by atoms with E-state index in [0.29, 0.717) is 23.6 Å². The first-order chi connectivity index (χ1) is 9.81. The van der Waals surface area contributed by atoms with Gasteiger partial charge in [0.2, 0.25) is 5.88 Å². The standard InChI is InChI=1S/C15H22ClN3O/c16-13-5-6-15(18-14(13)11-17-12-3-4-12)20-10-9-19-7-1-2-8-19/h5-6,12,17H,1-4,7-11H2. The SMILES string of the molecule is Clc1ccc(OCCN2CCCC2)nc1CNC1CC1. The largest absolute Gasteiger partial charge is 0.476 e. The van der Waals surface area contributed by atoms with E-state index in [1.165, 1.54) is 38.8 Å². The second-order valence-electron chi connectivity index (χ2n) is 5.63. The molecule has 2 aliphatic rings. The van der Waals surface area contributed by atoms with Gasteiger partial charge in [-0.2, -0.15) is 0 Å². The highest BCUT2D eigenvalue weighted by molar-refractivity contribution is 6.31. The summed E-state index contributed by atoms with van der Waals surface area (Å²) in [5.74, 6) is 0.682. The van der Waals surface area contributed by atoms with Gasteiger partial charge in [0.1, 0.15) is 6.61 Å². The van der Waals surface area contributed by atoms with Crippen molar-refractivity contribution in [3.8, 4) is 5.88 Å². The molecule has 4 nitrogen and oxygen atoms in total. The van der Waals surface area contributed by atoms with E-state index in [1.54, 1.807) is 0 Å². The number of pyridine rings is 1. The molecule has 1 saturated heterocycles. The molecule has 20 heavy (non-hydrogen) atoms. The number of hydrogen-bond acceptors (Lipinski definition) is 4. The van der Waals surface area contributed by atoms with Crippen LogP contribution in [0.25, 0.3) is 0 Å². The van der Waals surface area contributed by atoms with E-state index < -0.39 is 0 Å². The minimum Gasteiger partial charge on any atom is -0.476 e. The third-order valence-electron chi connectivity index (χ3n) is 3.88. The number of aromatic nitrogens is 1. The summed E-state index contributed by atoms with van der Waals surface area (Å²) >= 11 is 6.17. The molecule has 1 saturated carbocycles. The number of likely N-dealkylation sites (tertiary alicyclic amines) is 1. The minimum atomic E-state index is 0.660. The maximum absolute atomic E-state index is 6.17. The fraction of sp³-hybridized carbons (Fsp3) is 0.667. The van der Waals surface area contributed by atoms with Crippen LogP contribution in [-0.2, 0) is 6.54 Å². The van der Waals surface area contributed by atoms with Crippen molar-refractivity contribution in [3.63, 3.8) is 0 Å². The highest BCUT2D eigenvalue weighted by Gasteiger charge is 2.20. The van der Waals surface area contributed by atoms with E-state index in [9.17, 15) is 0 Å². The lowest BCUT2D eigenvalue weighted by Crippen LogP contribution is -2.25. The van der Waals surface area contributed by atoms with Gasteiger partial charge in [0.15, 0.2) is 0 Å². The average Bonchev–Trinajstić information content (AvgIpc) is 3.14. The van der Waals surface area contributed by atoms with Crippen LogP contribution in [0.4, 0.5) is 0 Å². The van der Waals surface area contributed by atoms with Gasteiger partial charge in [-0.1, -0.05) is 11.6 Å². The summed E-state index contributed by atoms with van der Waals surface area (Å²) in [5.41, 5.74) is 0.886. The van der Waals surface area contributed by atoms with Crippen molar-refractivity contribution in [3.05, 3.63) is 22.8 Å². The molecule has 2 fully saturated rings. The molecule has 1 aromatic rings. The van der Waals surface area contributed by atoms with Crippen molar-refractivity contribution in [1.29, 1.82) is 0 Å². The first kappa shape index (κ1) is 14.1. The van der Waals surface area contributed by atoms with Gasteiger partial charge in [-0.25, -0.2) is 4.98 Å². The van der Waals surface area contributed by atoms with Crippen LogP contribution in [0.15, 0.2) is 12.1 Å². The Bertz CT molecular complexity index is 445. The predicted molar refractivity (Wildman–Crippen MR) is 80.3 cm³/mol. The van der Waals surface area contributed by atoms with Crippen molar-refractivity contribution in [2.45, 2.75) is 38.3 Å². The molecule has 1 aliphatic heterocycles. The molecule has 5 heteroatoms. The van der Waals surface area contributed by atoms with E-state index in [0.717, 1.165) is 18.8 Å². The van der Waals surface area contributed by atoms with Crippen LogP contribution in [0.3, 0.4) is 0 Å². The van der Waals surface area contributed by atoms with Gasteiger partial charge in [-0.05, 0) is 44.8 Å². The van der Waals surface area contributed by atoms with Gasteiger partial charge >= 0.3 is 0 Å². The van der Waals surface area contributed by atoms with Crippen LogP contribution in [0, 0.1) is 0 Å². The predicted octanol–water partition coefficient (Wildman–Crippen LogP) is 2.46. The van der Waals surface area contributed by atoms with Gasteiger partial charge in [0.25, 0.3) is 0 Å². The summed E-state index contributed by atoms with van der Waals surface area (Å²) < 4.78 is 5.75. The topological polar surface area (TPSA) is 37.4 Å². The Morgan fingerprint density at radius 1 is 1.30 bits per heavy atom. The Labute approximate surface area is 125 Å². The monoisotopic (exact) mass is 295 g/mol. The van der Waals surface area contributed by atoms with Crippen LogP contribution in [-0.4, -0.2) is 42.2 Å². The minimum absolute atomic E-state index is 0.660. The molecule has 0 aromatic carbocycles. The maximum atomic E-state index is 6.17. The molecule has 0 atom stereocenters. The van der Waals surface area contributed by atoms with E-state index in [-0.39, 0.29) is 0 Å². The second kappa shape index (κ2) is 6.74. The molecule has 1 aromatic heterocycles. The number of nitrogens with one attached hydrogen (secondary N) is 1. The Morgan fingerprint density at radius 2 is 2.10 bits per heavy atom. The zero-order chi connectivity index (χ0) is 13.8. The Kier molecular flexibility index (Phi) is 4.76. The van der Waals surface area contributed by atoms with Crippen LogP contribution in [0.5, 0.6) is 5.88 Å². The Hall–Kier alpha value is -0.840. The quantitative estimate of drug-likeness (QED) is 0.838. The molecule has 3 rings (SSSR count). The van der Waals surface area contributed by atoms with Gasteiger partial charge in [0, 0.05) is 25.2 Å². The Balaban J connectivity index is 1.48.